The van der Waals surface area contributed by atoms with Crippen molar-refractivity contribution in [1.29, 1.82) is 0 Å². The van der Waals surface area contributed by atoms with Crippen molar-refractivity contribution in [3.8, 4) is 0 Å². The lowest BCUT2D eigenvalue weighted by atomic mass is 9.71. The highest BCUT2D eigenvalue weighted by Crippen LogP contribution is 2.67. The van der Waals surface area contributed by atoms with Gasteiger partial charge in [-0.05, 0) is 70.2 Å². The molecule has 1 aromatic rings. The molecule has 2 unspecified atom stereocenters. The maximum atomic E-state index is 14.7. The molecule has 9 heteroatoms. The van der Waals surface area contributed by atoms with E-state index in [1.165, 1.54) is 0 Å². The summed E-state index contributed by atoms with van der Waals surface area (Å²) < 4.78 is 4.70. The third-order valence-corrected chi connectivity index (χ3v) is 10.7. The molecule has 0 aliphatic carbocycles. The van der Waals surface area contributed by atoms with Crippen LogP contribution in [0.25, 0.3) is 0 Å². The molecule has 2 bridgehead atoms. The van der Waals surface area contributed by atoms with Crippen LogP contribution in [0.2, 0.25) is 0 Å². The van der Waals surface area contributed by atoms with Crippen LogP contribution in [-0.4, -0.2) is 82.7 Å². The average molecular weight is 572 g/mol. The Morgan fingerprint density at radius 1 is 1.20 bits per heavy atom. The standard InChI is InChI=1S/C31H45N3O5S/c1-7-17-33(22-13-11-21(12-14-22)32(8-2)9-3)29(37)27-31-16-15-24(40-31)25(30(38)39-10-4)26(31)28(36)34(27)23(19-35)18-20(5)6/h7,11-14,20,23-27,35H,1,8-10,15-19H2,2-6H3/t23-,24-,25+,26+,27?,31?/m1/s1. The highest BCUT2D eigenvalue weighted by atomic mass is 32.2. The monoisotopic (exact) mass is 571 g/mol. The van der Waals surface area contributed by atoms with E-state index in [1.54, 1.807) is 34.6 Å². The van der Waals surface area contributed by atoms with Crippen molar-refractivity contribution in [1.82, 2.24) is 4.90 Å². The Kier molecular flexibility index (Phi) is 9.55. The van der Waals surface area contributed by atoms with Crippen molar-refractivity contribution in [2.75, 3.05) is 42.6 Å². The number of benzene rings is 1. The summed E-state index contributed by atoms with van der Waals surface area (Å²) in [6.45, 7) is 16.0. The molecule has 6 atom stereocenters. The van der Waals surface area contributed by atoms with Gasteiger partial charge in [-0.2, -0.15) is 0 Å². The fourth-order valence-corrected chi connectivity index (χ4v) is 9.31. The molecule has 3 aliphatic heterocycles. The van der Waals surface area contributed by atoms with Crippen LogP contribution in [0, 0.1) is 17.8 Å². The molecular formula is C31H45N3O5S. The SMILES string of the molecule is C=CCN(C(=O)C1N([C@@H](CO)CC(C)C)C(=O)[C@@H]2[C@@H](C(=O)OCC)[C@H]3CCC12S3)c1ccc(N(CC)CC)cc1. The molecule has 0 radical (unpaired) electrons. The second-order valence-electron chi connectivity index (χ2n) is 11.4. The summed E-state index contributed by atoms with van der Waals surface area (Å²) >= 11 is 1.62. The summed E-state index contributed by atoms with van der Waals surface area (Å²) in [5, 5.41) is 10.4. The van der Waals surface area contributed by atoms with Gasteiger partial charge in [0.2, 0.25) is 5.91 Å². The molecule has 8 nitrogen and oxygen atoms in total. The molecule has 3 aliphatic rings. The molecule has 4 rings (SSSR count). The first-order valence-electron chi connectivity index (χ1n) is 14.7. The van der Waals surface area contributed by atoms with Crippen molar-refractivity contribution in [2.24, 2.45) is 17.8 Å². The molecule has 1 N–H and O–H groups in total. The Morgan fingerprint density at radius 3 is 2.40 bits per heavy atom. The van der Waals surface area contributed by atoms with Gasteiger partial charge in [-0.3, -0.25) is 14.4 Å². The van der Waals surface area contributed by atoms with E-state index in [4.69, 9.17) is 4.74 Å². The Bertz CT molecular complexity index is 1090. The summed E-state index contributed by atoms with van der Waals surface area (Å²) in [5.41, 5.74) is 1.81. The van der Waals surface area contributed by atoms with Gasteiger partial charge in [0.15, 0.2) is 0 Å². The molecule has 3 heterocycles. The minimum absolute atomic E-state index is 0.0515. The molecule has 0 saturated carbocycles. The number of anilines is 2. The summed E-state index contributed by atoms with van der Waals surface area (Å²) in [6, 6.07) is 6.63. The summed E-state index contributed by atoms with van der Waals surface area (Å²) in [7, 11) is 0. The summed E-state index contributed by atoms with van der Waals surface area (Å²) in [4.78, 5) is 47.7. The summed E-state index contributed by atoms with van der Waals surface area (Å²) in [5.74, 6) is -1.76. The zero-order chi connectivity index (χ0) is 29.2. The smallest absolute Gasteiger partial charge is 0.310 e. The first-order valence-corrected chi connectivity index (χ1v) is 15.6. The lowest BCUT2D eigenvalue weighted by molar-refractivity contribution is -0.154. The van der Waals surface area contributed by atoms with Crippen molar-refractivity contribution >= 4 is 40.9 Å². The fourth-order valence-electron chi connectivity index (χ4n) is 7.12. The van der Waals surface area contributed by atoms with Gasteiger partial charge < -0.3 is 24.5 Å². The van der Waals surface area contributed by atoms with E-state index in [1.807, 2.05) is 38.1 Å². The first kappa shape index (κ1) is 30.4. The number of ether oxygens (including phenoxy) is 1. The van der Waals surface area contributed by atoms with Gasteiger partial charge in [0.05, 0.1) is 35.8 Å². The third kappa shape index (κ3) is 5.15. The number of amides is 2. The number of rotatable bonds is 13. The van der Waals surface area contributed by atoms with Crippen molar-refractivity contribution in [3.05, 3.63) is 36.9 Å². The Labute approximate surface area is 243 Å². The van der Waals surface area contributed by atoms with Gasteiger partial charge in [-0.15, -0.1) is 18.3 Å². The number of hydrogen-bond acceptors (Lipinski definition) is 7. The van der Waals surface area contributed by atoms with E-state index in [-0.39, 0.29) is 48.7 Å². The van der Waals surface area contributed by atoms with Gasteiger partial charge in [-0.1, -0.05) is 19.9 Å². The number of nitrogens with zero attached hydrogens (tertiary/aromatic N) is 3. The van der Waals surface area contributed by atoms with Crippen molar-refractivity contribution in [3.63, 3.8) is 0 Å². The predicted octanol–water partition coefficient (Wildman–Crippen LogP) is 4.11. The van der Waals surface area contributed by atoms with Crippen LogP contribution in [0.1, 0.15) is 53.9 Å². The van der Waals surface area contributed by atoms with Crippen LogP contribution in [0.3, 0.4) is 0 Å². The minimum Gasteiger partial charge on any atom is -0.466 e. The lowest BCUT2D eigenvalue weighted by Crippen LogP contribution is -2.57. The minimum atomic E-state index is -0.794. The first-order chi connectivity index (χ1) is 19.2. The second-order valence-corrected chi connectivity index (χ2v) is 13.0. The van der Waals surface area contributed by atoms with E-state index < -0.39 is 28.7 Å². The van der Waals surface area contributed by atoms with Gasteiger partial charge in [0.25, 0.3) is 5.91 Å². The van der Waals surface area contributed by atoms with Crippen LogP contribution in [-0.2, 0) is 19.1 Å². The second kappa shape index (κ2) is 12.6. The lowest BCUT2D eigenvalue weighted by Gasteiger charge is -2.40. The van der Waals surface area contributed by atoms with Crippen LogP contribution < -0.4 is 9.80 Å². The van der Waals surface area contributed by atoms with Crippen LogP contribution in [0.5, 0.6) is 0 Å². The van der Waals surface area contributed by atoms with Crippen LogP contribution >= 0.6 is 11.8 Å². The zero-order valence-corrected chi connectivity index (χ0v) is 25.4. The Balaban J connectivity index is 1.78. The Hall–Kier alpha value is -2.52. The molecule has 3 saturated heterocycles. The summed E-state index contributed by atoms with van der Waals surface area (Å²) in [6.07, 6.45) is 3.69. The molecular weight excluding hydrogens is 526 g/mol. The number of carbonyl (C=O) groups excluding carboxylic acids is 3. The van der Waals surface area contributed by atoms with Gasteiger partial charge >= 0.3 is 5.97 Å². The fraction of sp³-hybridized carbons (Fsp3) is 0.645. The van der Waals surface area contributed by atoms with E-state index in [0.717, 1.165) is 30.9 Å². The number of esters is 1. The molecule has 1 spiro atoms. The Morgan fingerprint density at radius 2 is 1.85 bits per heavy atom. The molecule has 40 heavy (non-hydrogen) atoms. The average Bonchev–Trinajstić information content (AvgIpc) is 3.58. The number of carbonyl (C=O) groups is 3. The third-order valence-electron chi connectivity index (χ3n) is 8.75. The molecule has 0 aromatic heterocycles. The van der Waals surface area contributed by atoms with Crippen molar-refractivity contribution < 1.29 is 24.2 Å². The number of hydrogen-bond donors (Lipinski definition) is 1. The van der Waals surface area contributed by atoms with E-state index >= 15 is 0 Å². The maximum Gasteiger partial charge on any atom is 0.310 e. The number of aliphatic hydroxyl groups excluding tert-OH is 1. The predicted molar refractivity (Wildman–Crippen MR) is 160 cm³/mol. The van der Waals surface area contributed by atoms with Crippen molar-refractivity contribution in [2.45, 2.75) is 76.0 Å². The van der Waals surface area contributed by atoms with E-state index in [9.17, 15) is 19.5 Å². The highest BCUT2D eigenvalue weighted by Gasteiger charge is 2.74. The topological polar surface area (TPSA) is 90.4 Å². The van der Waals surface area contributed by atoms with E-state index in [0.29, 0.717) is 12.8 Å². The molecule has 2 amide bonds. The normalized spacial score (nSPS) is 27.6. The number of aliphatic hydroxyl groups is 1. The zero-order valence-electron chi connectivity index (χ0n) is 24.5. The quantitative estimate of drug-likeness (QED) is 0.282. The molecule has 220 valence electrons. The van der Waals surface area contributed by atoms with Crippen LogP contribution in [0.15, 0.2) is 36.9 Å². The van der Waals surface area contributed by atoms with Crippen LogP contribution in [0.4, 0.5) is 11.4 Å². The number of likely N-dealkylation sites (tertiary alicyclic amines) is 1. The molecule has 3 fully saturated rings. The molecule has 1 aromatic carbocycles. The number of fused-ring (bicyclic) bond motifs is 1. The highest BCUT2D eigenvalue weighted by molar-refractivity contribution is 8.02. The number of thioether (sulfide) groups is 1. The van der Waals surface area contributed by atoms with Gasteiger partial charge in [0.1, 0.15) is 6.04 Å². The van der Waals surface area contributed by atoms with Gasteiger partial charge in [-0.25, -0.2) is 0 Å². The maximum absolute atomic E-state index is 14.7. The van der Waals surface area contributed by atoms with E-state index in [2.05, 4.69) is 25.3 Å². The van der Waals surface area contributed by atoms with Gasteiger partial charge in [0, 0.05) is 36.3 Å². The largest absolute Gasteiger partial charge is 0.466 e.